The number of nitrogens with one attached hydrogen (secondary N) is 2. The Kier molecular flexibility index (Phi) is 4.45. The molecule has 0 saturated carbocycles. The molecule has 25 heavy (non-hydrogen) atoms. The van der Waals surface area contributed by atoms with E-state index in [-0.39, 0.29) is 13.2 Å². The summed E-state index contributed by atoms with van der Waals surface area (Å²) in [5.41, 5.74) is 2.38. The van der Waals surface area contributed by atoms with Crippen LogP contribution in [0.3, 0.4) is 0 Å². The van der Waals surface area contributed by atoms with E-state index < -0.39 is 0 Å². The molecule has 1 atom stereocenters. The number of aliphatic hydroxyl groups excluding tert-OH is 1. The SMILES string of the molecule is OCCOc1ccn2c(-c3cncc(N[C@@H]4CCNC4)n3)cnc2c1. The second kappa shape index (κ2) is 7.04. The lowest BCUT2D eigenvalue weighted by atomic mass is 10.2. The van der Waals surface area contributed by atoms with Crippen molar-refractivity contribution < 1.29 is 9.84 Å². The van der Waals surface area contributed by atoms with Gasteiger partial charge in [0, 0.05) is 24.8 Å². The van der Waals surface area contributed by atoms with Crippen LogP contribution in [0.5, 0.6) is 5.75 Å². The third-order valence-electron chi connectivity index (χ3n) is 4.15. The van der Waals surface area contributed by atoms with Crippen LogP contribution in [-0.2, 0) is 0 Å². The average molecular weight is 340 g/mol. The van der Waals surface area contributed by atoms with E-state index in [1.165, 1.54) is 0 Å². The maximum absolute atomic E-state index is 8.85. The first kappa shape index (κ1) is 15.8. The van der Waals surface area contributed by atoms with Crippen LogP contribution in [-0.4, -0.2) is 56.8 Å². The molecule has 1 aliphatic heterocycles. The van der Waals surface area contributed by atoms with Gasteiger partial charge in [0.2, 0.25) is 0 Å². The molecule has 0 amide bonds. The van der Waals surface area contributed by atoms with Gasteiger partial charge in [-0.3, -0.25) is 9.38 Å². The first-order valence-electron chi connectivity index (χ1n) is 8.34. The van der Waals surface area contributed by atoms with Crippen molar-refractivity contribution in [3.8, 4) is 17.1 Å². The molecular weight excluding hydrogens is 320 g/mol. The fourth-order valence-electron chi connectivity index (χ4n) is 2.95. The van der Waals surface area contributed by atoms with Gasteiger partial charge >= 0.3 is 0 Å². The normalized spacial score (nSPS) is 17.1. The lowest BCUT2D eigenvalue weighted by molar-refractivity contribution is 0.201. The third kappa shape index (κ3) is 3.40. The van der Waals surface area contributed by atoms with E-state index in [2.05, 4.69) is 25.6 Å². The van der Waals surface area contributed by atoms with Crippen molar-refractivity contribution >= 4 is 11.5 Å². The Morgan fingerprint density at radius 2 is 2.32 bits per heavy atom. The number of rotatable bonds is 6. The third-order valence-corrected chi connectivity index (χ3v) is 4.15. The number of anilines is 1. The Labute approximate surface area is 144 Å². The highest BCUT2D eigenvalue weighted by atomic mass is 16.5. The zero-order valence-corrected chi connectivity index (χ0v) is 13.7. The van der Waals surface area contributed by atoms with Crippen molar-refractivity contribution in [2.45, 2.75) is 12.5 Å². The summed E-state index contributed by atoms with van der Waals surface area (Å²) in [5, 5.41) is 15.6. The minimum atomic E-state index is -0.0171. The van der Waals surface area contributed by atoms with Gasteiger partial charge in [0.1, 0.15) is 29.5 Å². The molecule has 0 unspecified atom stereocenters. The molecule has 3 aromatic heterocycles. The molecule has 1 aliphatic rings. The number of aromatic nitrogens is 4. The van der Waals surface area contributed by atoms with E-state index in [1.807, 2.05) is 22.7 Å². The van der Waals surface area contributed by atoms with Crippen LogP contribution in [0.2, 0.25) is 0 Å². The topological polar surface area (TPSA) is 96.6 Å². The molecule has 0 spiro atoms. The van der Waals surface area contributed by atoms with Crippen molar-refractivity contribution in [3.63, 3.8) is 0 Å². The Hall–Kier alpha value is -2.71. The number of aliphatic hydroxyl groups is 1. The van der Waals surface area contributed by atoms with Crippen LogP contribution >= 0.6 is 0 Å². The molecular formula is C17H20N6O2. The Balaban J connectivity index is 1.60. The van der Waals surface area contributed by atoms with Crippen molar-refractivity contribution in [1.29, 1.82) is 0 Å². The lowest BCUT2D eigenvalue weighted by Crippen LogP contribution is -2.22. The van der Waals surface area contributed by atoms with E-state index in [4.69, 9.17) is 9.84 Å². The summed E-state index contributed by atoms with van der Waals surface area (Å²) in [7, 11) is 0. The first-order valence-corrected chi connectivity index (χ1v) is 8.34. The van der Waals surface area contributed by atoms with E-state index in [9.17, 15) is 0 Å². The molecule has 0 aliphatic carbocycles. The minimum Gasteiger partial charge on any atom is -0.491 e. The molecule has 4 rings (SSSR count). The summed E-state index contributed by atoms with van der Waals surface area (Å²) in [5.74, 6) is 1.44. The molecule has 4 heterocycles. The molecule has 8 nitrogen and oxygen atoms in total. The van der Waals surface area contributed by atoms with E-state index in [1.54, 1.807) is 18.6 Å². The molecule has 1 fully saturated rings. The van der Waals surface area contributed by atoms with Gasteiger partial charge < -0.3 is 20.5 Å². The highest BCUT2D eigenvalue weighted by Crippen LogP contribution is 2.22. The van der Waals surface area contributed by atoms with E-state index in [0.717, 1.165) is 42.4 Å². The van der Waals surface area contributed by atoms with Gasteiger partial charge in [-0.25, -0.2) is 9.97 Å². The second-order valence-corrected chi connectivity index (χ2v) is 5.93. The number of ether oxygens (including phenoxy) is 1. The molecule has 0 bridgehead atoms. The summed E-state index contributed by atoms with van der Waals surface area (Å²) in [6, 6.07) is 4.06. The maximum Gasteiger partial charge on any atom is 0.145 e. The quantitative estimate of drug-likeness (QED) is 0.614. The summed E-state index contributed by atoms with van der Waals surface area (Å²) in [6.45, 7) is 2.21. The van der Waals surface area contributed by atoms with Crippen LogP contribution < -0.4 is 15.4 Å². The molecule has 0 aromatic carbocycles. The van der Waals surface area contributed by atoms with Gasteiger partial charge in [-0.2, -0.15) is 0 Å². The van der Waals surface area contributed by atoms with Gasteiger partial charge in [-0.15, -0.1) is 0 Å². The summed E-state index contributed by atoms with van der Waals surface area (Å²) in [6.07, 6.45) is 8.21. The van der Waals surface area contributed by atoms with Crippen molar-refractivity contribution in [3.05, 3.63) is 36.9 Å². The van der Waals surface area contributed by atoms with Gasteiger partial charge in [0.15, 0.2) is 0 Å². The fraction of sp³-hybridized carbons (Fsp3) is 0.353. The molecule has 8 heteroatoms. The van der Waals surface area contributed by atoms with Crippen LogP contribution in [0, 0.1) is 0 Å². The Bertz CT molecular complexity index is 859. The van der Waals surface area contributed by atoms with Gasteiger partial charge in [0.05, 0.1) is 30.9 Å². The summed E-state index contributed by atoms with van der Waals surface area (Å²) < 4.78 is 7.37. The number of nitrogens with zero attached hydrogens (tertiary/aromatic N) is 4. The zero-order valence-electron chi connectivity index (χ0n) is 13.7. The van der Waals surface area contributed by atoms with Crippen molar-refractivity contribution in [2.24, 2.45) is 0 Å². The summed E-state index contributed by atoms with van der Waals surface area (Å²) >= 11 is 0. The molecule has 130 valence electrons. The molecule has 3 N–H and O–H groups in total. The second-order valence-electron chi connectivity index (χ2n) is 5.93. The number of imidazole rings is 1. The van der Waals surface area contributed by atoms with Crippen molar-refractivity contribution in [2.75, 3.05) is 31.6 Å². The van der Waals surface area contributed by atoms with Crippen molar-refractivity contribution in [1.82, 2.24) is 24.7 Å². The number of fused-ring (bicyclic) bond motifs is 1. The smallest absolute Gasteiger partial charge is 0.145 e. The summed E-state index contributed by atoms with van der Waals surface area (Å²) in [4.78, 5) is 13.4. The van der Waals surface area contributed by atoms with Crippen LogP contribution in [0.1, 0.15) is 6.42 Å². The Morgan fingerprint density at radius 1 is 1.36 bits per heavy atom. The molecule has 3 aromatic rings. The Morgan fingerprint density at radius 3 is 3.16 bits per heavy atom. The van der Waals surface area contributed by atoms with E-state index in [0.29, 0.717) is 11.8 Å². The highest BCUT2D eigenvalue weighted by Gasteiger charge is 2.15. The number of hydrogen-bond acceptors (Lipinski definition) is 7. The van der Waals surface area contributed by atoms with Crippen LogP contribution in [0.4, 0.5) is 5.82 Å². The van der Waals surface area contributed by atoms with Crippen LogP contribution in [0.25, 0.3) is 17.0 Å². The largest absolute Gasteiger partial charge is 0.491 e. The predicted molar refractivity (Wildman–Crippen MR) is 93.7 cm³/mol. The molecule has 1 saturated heterocycles. The maximum atomic E-state index is 8.85. The van der Waals surface area contributed by atoms with Crippen LogP contribution in [0.15, 0.2) is 36.9 Å². The van der Waals surface area contributed by atoms with E-state index >= 15 is 0 Å². The highest BCUT2D eigenvalue weighted by molar-refractivity contribution is 5.61. The fourth-order valence-corrected chi connectivity index (χ4v) is 2.95. The van der Waals surface area contributed by atoms with Gasteiger partial charge in [-0.05, 0) is 19.0 Å². The zero-order chi connectivity index (χ0) is 17.1. The monoisotopic (exact) mass is 340 g/mol. The lowest BCUT2D eigenvalue weighted by Gasteiger charge is -2.12. The number of pyridine rings is 1. The van der Waals surface area contributed by atoms with Gasteiger partial charge in [0.25, 0.3) is 0 Å². The average Bonchev–Trinajstić information content (AvgIpc) is 3.29. The first-order chi connectivity index (χ1) is 12.3. The standard InChI is InChI=1S/C17H20N6O2/c24-5-6-25-13-2-4-23-15(10-20-17(23)7-13)14-9-19-11-16(22-14)21-12-1-3-18-8-12/h2,4,7,9-12,18,24H,1,3,5-6,8H2,(H,21,22)/t12-/m1/s1. The predicted octanol–water partition coefficient (Wildman–Crippen LogP) is 0.936. The number of hydrogen-bond donors (Lipinski definition) is 3. The minimum absolute atomic E-state index is 0.0171. The van der Waals surface area contributed by atoms with Gasteiger partial charge in [-0.1, -0.05) is 0 Å². The molecule has 0 radical (unpaired) electrons.